The Hall–Kier alpha value is -1.15. The number of carbonyl (C=O) groups excluding carboxylic acids is 1. The summed E-state index contributed by atoms with van der Waals surface area (Å²) >= 11 is 0. The highest BCUT2D eigenvalue weighted by atomic mass is 16.1. The molecule has 0 bridgehead atoms. The van der Waals surface area contributed by atoms with Crippen LogP contribution in [0.2, 0.25) is 0 Å². The Bertz CT molecular complexity index is 439. The molecule has 0 atom stereocenters. The summed E-state index contributed by atoms with van der Waals surface area (Å²) in [6.45, 7) is 3.73. The molecule has 1 aromatic rings. The van der Waals surface area contributed by atoms with Crippen molar-refractivity contribution in [2.45, 2.75) is 45.4 Å². The molecule has 1 aliphatic carbocycles. The summed E-state index contributed by atoms with van der Waals surface area (Å²) in [6.07, 6.45) is 7.22. The van der Waals surface area contributed by atoms with E-state index >= 15 is 0 Å². The molecule has 0 N–H and O–H groups in total. The summed E-state index contributed by atoms with van der Waals surface area (Å²) in [5.41, 5.74) is 3.74. The monoisotopic (exact) mass is 259 g/mol. The van der Waals surface area contributed by atoms with Gasteiger partial charge in [0.05, 0.1) is 6.54 Å². The molecule has 0 aromatic heterocycles. The summed E-state index contributed by atoms with van der Waals surface area (Å²) in [7, 11) is 2.03. The second-order valence-corrected chi connectivity index (χ2v) is 5.71. The van der Waals surface area contributed by atoms with Crippen molar-refractivity contribution >= 4 is 5.78 Å². The number of rotatable bonds is 6. The average molecular weight is 259 g/mol. The molecule has 0 spiro atoms. The third-order valence-electron chi connectivity index (χ3n) is 3.98. The van der Waals surface area contributed by atoms with Crippen LogP contribution in [0, 0.1) is 0 Å². The average Bonchev–Trinajstić information content (AvgIpc) is 2.44. The van der Waals surface area contributed by atoms with E-state index in [1.807, 2.05) is 13.1 Å². The lowest BCUT2D eigenvalue weighted by Crippen LogP contribution is -2.27. The third-order valence-corrected chi connectivity index (χ3v) is 3.98. The van der Waals surface area contributed by atoms with E-state index in [1.54, 1.807) is 0 Å². The molecule has 0 unspecified atom stereocenters. The quantitative estimate of drug-likeness (QED) is 0.729. The van der Waals surface area contributed by atoms with Crippen molar-refractivity contribution in [3.63, 3.8) is 0 Å². The van der Waals surface area contributed by atoms with Crippen molar-refractivity contribution in [1.29, 1.82) is 0 Å². The molecule has 19 heavy (non-hydrogen) atoms. The number of hydrogen-bond acceptors (Lipinski definition) is 2. The fourth-order valence-corrected chi connectivity index (χ4v) is 2.75. The van der Waals surface area contributed by atoms with Crippen LogP contribution in [0.3, 0.4) is 0 Å². The zero-order valence-electron chi connectivity index (χ0n) is 12.2. The van der Waals surface area contributed by atoms with Crippen molar-refractivity contribution in [1.82, 2.24) is 4.90 Å². The van der Waals surface area contributed by atoms with Crippen LogP contribution in [0.1, 0.15) is 54.1 Å². The number of hydrogen-bond donors (Lipinski definition) is 0. The van der Waals surface area contributed by atoms with Crippen LogP contribution in [0.25, 0.3) is 0 Å². The predicted octanol–water partition coefficient (Wildman–Crippen LogP) is 3.48. The van der Waals surface area contributed by atoms with E-state index < -0.39 is 0 Å². The minimum absolute atomic E-state index is 0.256. The van der Waals surface area contributed by atoms with Gasteiger partial charge in [-0.3, -0.25) is 9.69 Å². The highest BCUT2D eigenvalue weighted by Crippen LogP contribution is 2.22. The Morgan fingerprint density at radius 1 is 1.21 bits per heavy atom. The third kappa shape index (κ3) is 3.90. The zero-order chi connectivity index (χ0) is 13.7. The molecule has 1 aromatic carbocycles. The molecule has 0 amide bonds. The van der Waals surface area contributed by atoms with Crippen LogP contribution in [0.15, 0.2) is 18.2 Å². The Morgan fingerprint density at radius 3 is 2.68 bits per heavy atom. The van der Waals surface area contributed by atoms with Gasteiger partial charge < -0.3 is 0 Å². The van der Waals surface area contributed by atoms with Gasteiger partial charge in [0.1, 0.15) is 0 Å². The molecule has 0 saturated heterocycles. The van der Waals surface area contributed by atoms with Crippen molar-refractivity contribution in [2.75, 3.05) is 20.1 Å². The SMILES string of the molecule is CCCCN(C)CC(=O)c1ccc2c(c1)CCCC2. The highest BCUT2D eigenvalue weighted by molar-refractivity contribution is 5.97. The molecule has 0 heterocycles. The van der Waals surface area contributed by atoms with Gasteiger partial charge in [0.25, 0.3) is 0 Å². The van der Waals surface area contributed by atoms with Crippen LogP contribution in [-0.4, -0.2) is 30.8 Å². The Balaban J connectivity index is 1.99. The molecule has 0 radical (unpaired) electrons. The fourth-order valence-electron chi connectivity index (χ4n) is 2.75. The van der Waals surface area contributed by atoms with Crippen molar-refractivity contribution in [3.8, 4) is 0 Å². The molecule has 0 saturated carbocycles. The lowest BCUT2D eigenvalue weighted by Gasteiger charge is -2.18. The minimum Gasteiger partial charge on any atom is -0.299 e. The first kappa shape index (κ1) is 14.3. The lowest BCUT2D eigenvalue weighted by molar-refractivity contribution is 0.0945. The standard InChI is InChI=1S/C17H25NO/c1-3-4-11-18(2)13-17(19)16-10-9-14-7-5-6-8-15(14)12-16/h9-10,12H,3-8,11,13H2,1-2H3. The number of fused-ring (bicyclic) bond motifs is 1. The highest BCUT2D eigenvalue weighted by Gasteiger charge is 2.13. The molecule has 0 fully saturated rings. The lowest BCUT2D eigenvalue weighted by atomic mass is 9.90. The minimum atomic E-state index is 0.256. The van der Waals surface area contributed by atoms with Crippen LogP contribution in [0.5, 0.6) is 0 Å². The van der Waals surface area contributed by atoms with E-state index in [0.29, 0.717) is 6.54 Å². The molecule has 0 aliphatic heterocycles. The molecular formula is C17H25NO. The molecule has 104 valence electrons. The summed E-state index contributed by atoms with van der Waals surface area (Å²) in [5.74, 6) is 0.256. The number of unbranched alkanes of at least 4 members (excludes halogenated alkanes) is 1. The van der Waals surface area contributed by atoms with Gasteiger partial charge in [-0.05, 0) is 62.9 Å². The molecule has 2 nitrogen and oxygen atoms in total. The van der Waals surface area contributed by atoms with Gasteiger partial charge in [-0.2, -0.15) is 0 Å². The molecule has 1 aliphatic rings. The molecule has 2 heteroatoms. The van der Waals surface area contributed by atoms with E-state index in [9.17, 15) is 4.79 Å². The first-order chi connectivity index (χ1) is 9.20. The Labute approximate surface area is 116 Å². The van der Waals surface area contributed by atoms with E-state index in [2.05, 4.69) is 24.0 Å². The largest absolute Gasteiger partial charge is 0.299 e. The van der Waals surface area contributed by atoms with Crippen molar-refractivity contribution < 1.29 is 4.79 Å². The first-order valence-corrected chi connectivity index (χ1v) is 7.54. The van der Waals surface area contributed by atoms with E-state index in [-0.39, 0.29) is 5.78 Å². The molecular weight excluding hydrogens is 234 g/mol. The zero-order valence-corrected chi connectivity index (χ0v) is 12.2. The second kappa shape index (κ2) is 6.85. The normalized spacial score (nSPS) is 14.5. The summed E-state index contributed by atoms with van der Waals surface area (Å²) in [6, 6.07) is 6.30. The summed E-state index contributed by atoms with van der Waals surface area (Å²) in [5, 5.41) is 0. The summed E-state index contributed by atoms with van der Waals surface area (Å²) < 4.78 is 0. The maximum Gasteiger partial charge on any atom is 0.176 e. The second-order valence-electron chi connectivity index (χ2n) is 5.71. The first-order valence-electron chi connectivity index (χ1n) is 7.54. The topological polar surface area (TPSA) is 20.3 Å². The Kier molecular flexibility index (Phi) is 5.15. The van der Waals surface area contributed by atoms with E-state index in [1.165, 1.54) is 36.8 Å². The van der Waals surface area contributed by atoms with Crippen LogP contribution < -0.4 is 0 Å². The maximum absolute atomic E-state index is 12.3. The van der Waals surface area contributed by atoms with Gasteiger partial charge in [-0.25, -0.2) is 0 Å². The van der Waals surface area contributed by atoms with Crippen LogP contribution >= 0.6 is 0 Å². The van der Waals surface area contributed by atoms with Crippen LogP contribution in [-0.2, 0) is 12.8 Å². The van der Waals surface area contributed by atoms with E-state index in [0.717, 1.165) is 24.9 Å². The van der Waals surface area contributed by atoms with Crippen molar-refractivity contribution in [2.24, 2.45) is 0 Å². The number of carbonyl (C=O) groups is 1. The molecule has 2 rings (SSSR count). The van der Waals surface area contributed by atoms with Gasteiger partial charge in [0, 0.05) is 5.56 Å². The van der Waals surface area contributed by atoms with Crippen LogP contribution in [0.4, 0.5) is 0 Å². The Morgan fingerprint density at radius 2 is 1.95 bits per heavy atom. The van der Waals surface area contributed by atoms with Gasteiger partial charge in [-0.1, -0.05) is 25.5 Å². The van der Waals surface area contributed by atoms with E-state index in [4.69, 9.17) is 0 Å². The number of nitrogens with zero attached hydrogens (tertiary/aromatic N) is 1. The number of ketones is 1. The van der Waals surface area contributed by atoms with Gasteiger partial charge >= 0.3 is 0 Å². The van der Waals surface area contributed by atoms with Gasteiger partial charge in [-0.15, -0.1) is 0 Å². The predicted molar refractivity (Wildman–Crippen MR) is 79.8 cm³/mol. The maximum atomic E-state index is 12.3. The van der Waals surface area contributed by atoms with Gasteiger partial charge in [0.15, 0.2) is 5.78 Å². The summed E-state index contributed by atoms with van der Waals surface area (Å²) in [4.78, 5) is 14.4. The number of Topliss-reactive ketones (excluding diaryl/α,β-unsaturated/α-hetero) is 1. The fraction of sp³-hybridized carbons (Fsp3) is 0.588. The number of likely N-dealkylation sites (N-methyl/N-ethyl adjacent to an activating group) is 1. The van der Waals surface area contributed by atoms with Gasteiger partial charge in [0.2, 0.25) is 0 Å². The number of benzene rings is 1. The van der Waals surface area contributed by atoms with Crippen molar-refractivity contribution in [3.05, 3.63) is 34.9 Å². The number of aryl methyl sites for hydroxylation is 2. The smallest absolute Gasteiger partial charge is 0.176 e.